The molecule has 0 saturated heterocycles. The fourth-order valence-electron chi connectivity index (χ4n) is 2.36. The van der Waals surface area contributed by atoms with Crippen LogP contribution in [0.1, 0.15) is 18.5 Å². The molecule has 18 heavy (non-hydrogen) atoms. The van der Waals surface area contributed by atoms with Crippen LogP contribution in [0.3, 0.4) is 0 Å². The molecule has 0 radical (unpaired) electrons. The van der Waals surface area contributed by atoms with Crippen molar-refractivity contribution >= 4 is 5.82 Å². The van der Waals surface area contributed by atoms with Crippen LogP contribution in [0.2, 0.25) is 0 Å². The number of aromatic nitrogens is 2. The van der Waals surface area contributed by atoms with E-state index in [0.29, 0.717) is 5.92 Å². The standard InChI is InChI=1S/C14H17N3O/c1-10-9-18-12-6-4-3-5-11(12)14(10)15-13-7-8-17(2)16-13/h3-8,10,14H,9H2,1-2H3,(H,15,16). The van der Waals surface area contributed by atoms with Crippen molar-refractivity contribution in [1.82, 2.24) is 9.78 Å². The lowest BCUT2D eigenvalue weighted by Gasteiger charge is -2.32. The third-order valence-electron chi connectivity index (χ3n) is 3.34. The molecule has 94 valence electrons. The van der Waals surface area contributed by atoms with Gasteiger partial charge in [0.25, 0.3) is 0 Å². The minimum absolute atomic E-state index is 0.254. The molecule has 2 heterocycles. The van der Waals surface area contributed by atoms with Crippen LogP contribution in [-0.4, -0.2) is 16.4 Å². The van der Waals surface area contributed by atoms with Crippen molar-refractivity contribution in [3.05, 3.63) is 42.1 Å². The molecule has 0 aliphatic carbocycles. The molecule has 4 nitrogen and oxygen atoms in total. The maximum atomic E-state index is 5.74. The quantitative estimate of drug-likeness (QED) is 0.881. The third kappa shape index (κ3) is 1.94. The number of hydrogen-bond acceptors (Lipinski definition) is 3. The Bertz CT molecular complexity index is 549. The zero-order valence-corrected chi connectivity index (χ0v) is 10.6. The fourth-order valence-corrected chi connectivity index (χ4v) is 2.36. The predicted octanol–water partition coefficient (Wildman–Crippen LogP) is 2.60. The minimum Gasteiger partial charge on any atom is -0.493 e. The summed E-state index contributed by atoms with van der Waals surface area (Å²) in [5.74, 6) is 2.30. The third-order valence-corrected chi connectivity index (χ3v) is 3.34. The smallest absolute Gasteiger partial charge is 0.148 e. The maximum absolute atomic E-state index is 5.74. The molecule has 1 aromatic carbocycles. The topological polar surface area (TPSA) is 39.1 Å². The van der Waals surface area contributed by atoms with Crippen molar-refractivity contribution < 1.29 is 4.74 Å². The van der Waals surface area contributed by atoms with Gasteiger partial charge < -0.3 is 10.1 Å². The Balaban J connectivity index is 1.91. The summed E-state index contributed by atoms with van der Waals surface area (Å²) in [4.78, 5) is 0. The summed E-state index contributed by atoms with van der Waals surface area (Å²) in [6, 6.07) is 10.4. The molecule has 0 bridgehead atoms. The number of benzene rings is 1. The lowest BCUT2D eigenvalue weighted by atomic mass is 9.92. The first kappa shape index (κ1) is 11.1. The first-order chi connectivity index (χ1) is 8.74. The monoisotopic (exact) mass is 243 g/mol. The van der Waals surface area contributed by atoms with Gasteiger partial charge in [-0.3, -0.25) is 4.68 Å². The molecule has 3 rings (SSSR count). The Kier molecular flexibility index (Phi) is 2.70. The highest BCUT2D eigenvalue weighted by atomic mass is 16.5. The molecule has 4 heteroatoms. The second kappa shape index (κ2) is 4.37. The second-order valence-electron chi connectivity index (χ2n) is 4.82. The molecule has 1 N–H and O–H groups in total. The van der Waals surface area contributed by atoms with E-state index in [2.05, 4.69) is 23.4 Å². The molecule has 1 aliphatic heterocycles. The van der Waals surface area contributed by atoms with Gasteiger partial charge in [-0.2, -0.15) is 5.10 Å². The van der Waals surface area contributed by atoms with Crippen LogP contribution in [-0.2, 0) is 7.05 Å². The Labute approximate surface area is 107 Å². The van der Waals surface area contributed by atoms with Crippen LogP contribution in [0.15, 0.2) is 36.5 Å². The summed E-state index contributed by atoms with van der Waals surface area (Å²) in [6.07, 6.45) is 1.94. The SMILES string of the molecule is CC1COc2ccccc2C1Nc1ccn(C)n1. The van der Waals surface area contributed by atoms with E-state index >= 15 is 0 Å². The van der Waals surface area contributed by atoms with Crippen LogP contribution in [0, 0.1) is 5.92 Å². The largest absolute Gasteiger partial charge is 0.493 e. The van der Waals surface area contributed by atoms with Gasteiger partial charge in [0.2, 0.25) is 0 Å². The van der Waals surface area contributed by atoms with Crippen molar-refractivity contribution in [3.63, 3.8) is 0 Å². The van der Waals surface area contributed by atoms with E-state index in [0.717, 1.165) is 18.2 Å². The summed E-state index contributed by atoms with van der Waals surface area (Å²) < 4.78 is 7.55. The highest BCUT2D eigenvalue weighted by Crippen LogP contribution is 2.36. The van der Waals surface area contributed by atoms with Gasteiger partial charge in [-0.25, -0.2) is 0 Å². The second-order valence-corrected chi connectivity index (χ2v) is 4.82. The Morgan fingerprint density at radius 1 is 1.33 bits per heavy atom. The molecule has 2 unspecified atom stereocenters. The first-order valence-electron chi connectivity index (χ1n) is 6.22. The number of anilines is 1. The molecule has 1 aliphatic rings. The predicted molar refractivity (Wildman–Crippen MR) is 70.7 cm³/mol. The van der Waals surface area contributed by atoms with Crippen LogP contribution in [0.5, 0.6) is 5.75 Å². The van der Waals surface area contributed by atoms with Gasteiger partial charge in [0.15, 0.2) is 0 Å². The fraction of sp³-hybridized carbons (Fsp3) is 0.357. The van der Waals surface area contributed by atoms with Crippen LogP contribution >= 0.6 is 0 Å². The number of rotatable bonds is 2. The highest BCUT2D eigenvalue weighted by molar-refractivity contribution is 5.44. The zero-order valence-electron chi connectivity index (χ0n) is 10.6. The lowest BCUT2D eigenvalue weighted by Crippen LogP contribution is -2.28. The highest BCUT2D eigenvalue weighted by Gasteiger charge is 2.27. The number of ether oxygens (including phenoxy) is 1. The van der Waals surface area contributed by atoms with E-state index < -0.39 is 0 Å². The molecular weight excluding hydrogens is 226 g/mol. The van der Waals surface area contributed by atoms with Crippen molar-refractivity contribution in [2.24, 2.45) is 13.0 Å². The average Bonchev–Trinajstić information content (AvgIpc) is 2.79. The van der Waals surface area contributed by atoms with Gasteiger partial charge in [0, 0.05) is 30.8 Å². The average molecular weight is 243 g/mol. The number of nitrogens with one attached hydrogen (secondary N) is 1. The van der Waals surface area contributed by atoms with Gasteiger partial charge in [-0.1, -0.05) is 25.1 Å². The Hall–Kier alpha value is -1.97. The van der Waals surface area contributed by atoms with Gasteiger partial charge in [0.1, 0.15) is 11.6 Å². The van der Waals surface area contributed by atoms with E-state index in [-0.39, 0.29) is 6.04 Å². The van der Waals surface area contributed by atoms with Gasteiger partial charge in [-0.05, 0) is 6.07 Å². The molecule has 1 aromatic heterocycles. The summed E-state index contributed by atoms with van der Waals surface area (Å²) in [5, 5.41) is 7.87. The molecule has 0 fully saturated rings. The summed E-state index contributed by atoms with van der Waals surface area (Å²) in [5.41, 5.74) is 1.21. The van der Waals surface area contributed by atoms with E-state index in [9.17, 15) is 0 Å². The maximum Gasteiger partial charge on any atom is 0.148 e. The number of hydrogen-bond donors (Lipinski definition) is 1. The van der Waals surface area contributed by atoms with Crippen LogP contribution < -0.4 is 10.1 Å². The molecule has 2 atom stereocenters. The van der Waals surface area contributed by atoms with E-state index in [1.54, 1.807) is 4.68 Å². The first-order valence-corrected chi connectivity index (χ1v) is 6.22. The normalized spacial score (nSPS) is 22.1. The van der Waals surface area contributed by atoms with Gasteiger partial charge in [-0.15, -0.1) is 0 Å². The molecule has 0 saturated carbocycles. The molecule has 2 aromatic rings. The molecular formula is C14H17N3O. The van der Waals surface area contributed by atoms with Crippen molar-refractivity contribution in [2.45, 2.75) is 13.0 Å². The molecule has 0 amide bonds. The van der Waals surface area contributed by atoms with Crippen LogP contribution in [0.25, 0.3) is 0 Å². The minimum atomic E-state index is 0.254. The Morgan fingerprint density at radius 2 is 2.17 bits per heavy atom. The Morgan fingerprint density at radius 3 is 2.94 bits per heavy atom. The summed E-state index contributed by atoms with van der Waals surface area (Å²) in [6.45, 7) is 2.93. The number of para-hydroxylation sites is 1. The van der Waals surface area contributed by atoms with Crippen molar-refractivity contribution in [1.29, 1.82) is 0 Å². The van der Waals surface area contributed by atoms with Gasteiger partial charge >= 0.3 is 0 Å². The zero-order chi connectivity index (χ0) is 12.5. The van der Waals surface area contributed by atoms with E-state index in [1.165, 1.54) is 5.56 Å². The molecule has 0 spiro atoms. The summed E-state index contributed by atoms with van der Waals surface area (Å²) in [7, 11) is 1.92. The number of aryl methyl sites for hydroxylation is 1. The lowest BCUT2D eigenvalue weighted by molar-refractivity contribution is 0.214. The van der Waals surface area contributed by atoms with E-state index in [1.807, 2.05) is 37.5 Å². The van der Waals surface area contributed by atoms with Gasteiger partial charge in [0.05, 0.1) is 12.6 Å². The van der Waals surface area contributed by atoms with Crippen molar-refractivity contribution in [2.75, 3.05) is 11.9 Å². The number of nitrogens with zero attached hydrogens (tertiary/aromatic N) is 2. The van der Waals surface area contributed by atoms with E-state index in [4.69, 9.17) is 4.74 Å². The van der Waals surface area contributed by atoms with Crippen molar-refractivity contribution in [3.8, 4) is 5.75 Å². The van der Waals surface area contributed by atoms with Crippen LogP contribution in [0.4, 0.5) is 5.82 Å². The number of fused-ring (bicyclic) bond motifs is 1. The summed E-state index contributed by atoms with van der Waals surface area (Å²) >= 11 is 0.